The number of amides is 1. The average Bonchev–Trinajstić information content (AvgIpc) is 3.08. The van der Waals surface area contributed by atoms with E-state index < -0.39 is 5.54 Å². The Labute approximate surface area is 192 Å². The van der Waals surface area contributed by atoms with Crippen molar-refractivity contribution in [2.75, 3.05) is 33.2 Å². The molecule has 4 rings (SSSR count). The smallest absolute Gasteiger partial charge is 0.243 e. The van der Waals surface area contributed by atoms with Gasteiger partial charge in [-0.25, -0.2) is 0 Å². The van der Waals surface area contributed by atoms with Crippen molar-refractivity contribution in [2.24, 2.45) is 0 Å². The van der Waals surface area contributed by atoms with Gasteiger partial charge in [0.15, 0.2) is 0 Å². The molecule has 1 heterocycles. The summed E-state index contributed by atoms with van der Waals surface area (Å²) in [5.41, 5.74) is 5.92. The molecule has 0 atom stereocenters. The van der Waals surface area contributed by atoms with Gasteiger partial charge >= 0.3 is 0 Å². The lowest BCUT2D eigenvalue weighted by Gasteiger charge is -2.44. The predicted molar refractivity (Wildman–Crippen MR) is 128 cm³/mol. The van der Waals surface area contributed by atoms with Gasteiger partial charge in [-0.1, -0.05) is 53.6 Å². The number of hydrogen-bond acceptors (Lipinski definition) is 3. The van der Waals surface area contributed by atoms with E-state index in [1.807, 2.05) is 11.9 Å². The molecule has 6 heteroatoms. The normalized spacial score (nSPS) is 17.4. The molecule has 2 aromatic rings. The number of aryl methyl sites for hydroxylation is 2. The minimum atomic E-state index is -0.445. The van der Waals surface area contributed by atoms with Crippen LogP contribution in [-0.4, -0.2) is 54.5 Å². The predicted octanol–water partition coefficient (Wildman–Crippen LogP) is 3.55. The summed E-state index contributed by atoms with van der Waals surface area (Å²) in [6.07, 6.45) is 1.64. The molecule has 0 saturated carbocycles. The molecular weight excluding hydrogens is 417 g/mol. The number of likely N-dealkylation sites (N-methyl/N-ethyl adjacent to an activating group) is 1. The molecule has 2 aromatic carbocycles. The van der Waals surface area contributed by atoms with Crippen LogP contribution in [-0.2, 0) is 24.2 Å². The van der Waals surface area contributed by atoms with Crippen LogP contribution in [0.3, 0.4) is 0 Å². The number of benzene rings is 2. The molecule has 4 nitrogen and oxygen atoms in total. The Balaban J connectivity index is 0.00000160. The van der Waals surface area contributed by atoms with Gasteiger partial charge in [0.2, 0.25) is 5.91 Å². The van der Waals surface area contributed by atoms with Gasteiger partial charge in [-0.2, -0.15) is 0 Å². The Morgan fingerprint density at radius 3 is 2.07 bits per heavy atom. The molecule has 30 heavy (non-hydrogen) atoms. The second-order valence-corrected chi connectivity index (χ2v) is 8.55. The number of rotatable bonds is 4. The summed E-state index contributed by atoms with van der Waals surface area (Å²) >= 11 is 0. The lowest BCUT2D eigenvalue weighted by Crippen LogP contribution is -2.63. The Bertz CT molecular complexity index is 835. The second kappa shape index (κ2) is 10.1. The van der Waals surface area contributed by atoms with E-state index in [0.717, 1.165) is 39.0 Å². The number of fused-ring (bicyclic) bond motifs is 1. The summed E-state index contributed by atoms with van der Waals surface area (Å²) in [4.78, 5) is 18.3. The van der Waals surface area contributed by atoms with Crippen molar-refractivity contribution in [2.45, 2.75) is 38.8 Å². The second-order valence-electron chi connectivity index (χ2n) is 8.55. The molecule has 0 bridgehead atoms. The van der Waals surface area contributed by atoms with Crippen molar-refractivity contribution >= 4 is 30.7 Å². The monoisotopic (exact) mass is 449 g/mol. The van der Waals surface area contributed by atoms with E-state index in [1.54, 1.807) is 0 Å². The molecule has 1 amide bonds. The molecule has 0 spiro atoms. The molecule has 1 aliphatic heterocycles. The summed E-state index contributed by atoms with van der Waals surface area (Å²) in [5.74, 6) is 0.254. The zero-order valence-electron chi connectivity index (χ0n) is 18.1. The van der Waals surface area contributed by atoms with Gasteiger partial charge in [-0.05, 0) is 30.5 Å². The Morgan fingerprint density at radius 2 is 1.53 bits per heavy atom. The van der Waals surface area contributed by atoms with Crippen molar-refractivity contribution in [3.8, 4) is 0 Å². The Morgan fingerprint density at radius 1 is 1.00 bits per heavy atom. The number of carbonyl (C=O) groups is 1. The van der Waals surface area contributed by atoms with E-state index in [-0.39, 0.29) is 30.7 Å². The molecule has 2 aliphatic rings. The lowest BCUT2D eigenvalue weighted by atomic mass is 9.90. The first-order chi connectivity index (χ1) is 13.5. The highest BCUT2D eigenvalue weighted by Gasteiger charge is 2.49. The maximum Gasteiger partial charge on any atom is 0.243 e. The van der Waals surface area contributed by atoms with Gasteiger partial charge < -0.3 is 10.2 Å². The molecular formula is C24H33Cl2N3O. The quantitative estimate of drug-likeness (QED) is 0.774. The van der Waals surface area contributed by atoms with Crippen LogP contribution in [0.25, 0.3) is 0 Å². The number of nitrogens with one attached hydrogen (secondary N) is 1. The fourth-order valence-corrected chi connectivity index (χ4v) is 5.06. The van der Waals surface area contributed by atoms with Crippen LogP contribution in [0.15, 0.2) is 42.5 Å². The third kappa shape index (κ3) is 4.83. The fourth-order valence-electron chi connectivity index (χ4n) is 5.06. The molecule has 1 N–H and O–H groups in total. The van der Waals surface area contributed by atoms with Gasteiger partial charge in [0.1, 0.15) is 5.54 Å². The summed E-state index contributed by atoms with van der Waals surface area (Å²) in [5, 5.41) is 3.43. The topological polar surface area (TPSA) is 35.6 Å². The van der Waals surface area contributed by atoms with E-state index in [9.17, 15) is 4.79 Å². The standard InChI is InChI=1S/C24H31N3O.2ClH/c1-18-12-19(2)14-20(13-18)17-26(3)23(28)24(27-10-8-25-9-11-27)15-21-6-4-5-7-22(21)16-24;;/h4-7,12-14,25H,8-11,15-17H2,1-3H3;2*1H. The van der Waals surface area contributed by atoms with Gasteiger partial charge in [0.05, 0.1) is 0 Å². The third-order valence-electron chi connectivity index (χ3n) is 6.25. The van der Waals surface area contributed by atoms with E-state index in [0.29, 0.717) is 6.54 Å². The van der Waals surface area contributed by atoms with E-state index in [1.165, 1.54) is 27.8 Å². The van der Waals surface area contributed by atoms with Crippen molar-refractivity contribution < 1.29 is 4.79 Å². The highest BCUT2D eigenvalue weighted by Crippen LogP contribution is 2.36. The molecule has 1 fully saturated rings. The van der Waals surface area contributed by atoms with Crippen LogP contribution in [0.1, 0.15) is 27.8 Å². The highest BCUT2D eigenvalue weighted by atomic mass is 35.5. The van der Waals surface area contributed by atoms with Crippen LogP contribution in [0, 0.1) is 13.8 Å². The summed E-state index contributed by atoms with van der Waals surface area (Å²) in [6.45, 7) is 8.65. The highest BCUT2D eigenvalue weighted by molar-refractivity contribution is 5.88. The first-order valence-corrected chi connectivity index (χ1v) is 10.3. The SMILES string of the molecule is Cc1cc(C)cc(CN(C)C(=O)C2(N3CCNCC3)Cc3ccccc3C2)c1.Cl.Cl. The Kier molecular flexibility index (Phi) is 8.35. The zero-order chi connectivity index (χ0) is 19.7. The van der Waals surface area contributed by atoms with Gasteiger partial charge in [0.25, 0.3) is 0 Å². The van der Waals surface area contributed by atoms with Gasteiger partial charge in [-0.15, -0.1) is 24.8 Å². The summed E-state index contributed by atoms with van der Waals surface area (Å²) in [7, 11) is 1.97. The van der Waals surface area contributed by atoms with Crippen LogP contribution in [0.4, 0.5) is 0 Å². The molecule has 0 aromatic heterocycles. The zero-order valence-corrected chi connectivity index (χ0v) is 19.7. The minimum Gasteiger partial charge on any atom is -0.340 e. The Hall–Kier alpha value is -1.59. The minimum absolute atomic E-state index is 0. The van der Waals surface area contributed by atoms with Crippen molar-refractivity contribution in [1.82, 2.24) is 15.1 Å². The van der Waals surface area contributed by atoms with Gasteiger partial charge in [-0.3, -0.25) is 9.69 Å². The summed E-state index contributed by atoms with van der Waals surface area (Å²) in [6, 6.07) is 15.1. The number of carbonyl (C=O) groups excluding carboxylic acids is 1. The van der Waals surface area contributed by atoms with Crippen LogP contribution < -0.4 is 5.32 Å². The number of hydrogen-bond donors (Lipinski definition) is 1. The van der Waals surface area contributed by atoms with Crippen molar-refractivity contribution in [3.05, 3.63) is 70.3 Å². The van der Waals surface area contributed by atoms with Crippen LogP contribution in [0.5, 0.6) is 0 Å². The number of piperazine rings is 1. The van der Waals surface area contributed by atoms with Crippen molar-refractivity contribution in [3.63, 3.8) is 0 Å². The maximum absolute atomic E-state index is 13.9. The first-order valence-electron chi connectivity index (χ1n) is 10.3. The molecule has 1 saturated heterocycles. The summed E-state index contributed by atoms with van der Waals surface area (Å²) < 4.78 is 0. The van der Waals surface area contributed by atoms with E-state index >= 15 is 0 Å². The molecule has 0 unspecified atom stereocenters. The number of halogens is 2. The van der Waals surface area contributed by atoms with Crippen molar-refractivity contribution in [1.29, 1.82) is 0 Å². The molecule has 1 aliphatic carbocycles. The first kappa shape index (κ1) is 24.7. The average molecular weight is 450 g/mol. The molecule has 0 radical (unpaired) electrons. The molecule has 164 valence electrons. The lowest BCUT2D eigenvalue weighted by molar-refractivity contribution is -0.144. The van der Waals surface area contributed by atoms with E-state index in [2.05, 4.69) is 66.5 Å². The van der Waals surface area contributed by atoms with Crippen LogP contribution in [0.2, 0.25) is 0 Å². The number of nitrogens with zero attached hydrogens (tertiary/aromatic N) is 2. The maximum atomic E-state index is 13.9. The van der Waals surface area contributed by atoms with Gasteiger partial charge in [0, 0.05) is 52.6 Å². The largest absolute Gasteiger partial charge is 0.340 e. The fraction of sp³-hybridized carbons (Fsp3) is 0.458. The van der Waals surface area contributed by atoms with Crippen LogP contribution >= 0.6 is 24.8 Å². The third-order valence-corrected chi connectivity index (χ3v) is 6.25. The van der Waals surface area contributed by atoms with E-state index in [4.69, 9.17) is 0 Å².